The first-order valence-corrected chi connectivity index (χ1v) is 7.18. The summed E-state index contributed by atoms with van der Waals surface area (Å²) in [6.07, 6.45) is 1.70. The van der Waals surface area contributed by atoms with E-state index in [9.17, 15) is 9.90 Å². The Bertz CT molecular complexity index is 461. The van der Waals surface area contributed by atoms with Crippen LogP contribution in [-0.2, 0) is 11.2 Å². The average Bonchev–Trinajstić information content (AvgIpc) is 2.86. The van der Waals surface area contributed by atoms with E-state index in [0.717, 1.165) is 17.7 Å². The van der Waals surface area contributed by atoms with Crippen LogP contribution in [0.4, 0.5) is 0 Å². The number of amides is 1. The lowest BCUT2D eigenvalue weighted by Crippen LogP contribution is -2.30. The Balaban J connectivity index is 1.89. The number of hydrogen-bond donors (Lipinski definition) is 1. The van der Waals surface area contributed by atoms with Gasteiger partial charge >= 0.3 is 0 Å². The highest BCUT2D eigenvalue weighted by molar-refractivity contribution is 5.76. The standard InChI is InChI=1S/C16H23NO3/c1-12(9-13-5-3-4-6-15(13)20-2)10-16(19)17-8-7-14(18)11-17/h3-6,12,14,18H,7-11H2,1-2H3/t12?,14-/m1/s1. The number of carbonyl (C=O) groups excluding carboxylic acids is 1. The van der Waals surface area contributed by atoms with E-state index < -0.39 is 0 Å². The van der Waals surface area contributed by atoms with Gasteiger partial charge in [-0.1, -0.05) is 25.1 Å². The van der Waals surface area contributed by atoms with Crippen molar-refractivity contribution in [3.05, 3.63) is 29.8 Å². The van der Waals surface area contributed by atoms with Crippen molar-refractivity contribution >= 4 is 5.91 Å². The van der Waals surface area contributed by atoms with Crippen LogP contribution in [0.3, 0.4) is 0 Å². The van der Waals surface area contributed by atoms with Gasteiger partial charge < -0.3 is 14.7 Å². The Morgan fingerprint density at radius 3 is 2.90 bits per heavy atom. The number of ether oxygens (including phenoxy) is 1. The van der Waals surface area contributed by atoms with Gasteiger partial charge in [0.05, 0.1) is 13.2 Å². The van der Waals surface area contributed by atoms with Crippen LogP contribution in [0.1, 0.15) is 25.3 Å². The number of β-amino-alcohol motifs (C(OH)–C–C–N with tert-alkyl or cyclic N) is 1. The molecule has 0 saturated carbocycles. The van der Waals surface area contributed by atoms with E-state index >= 15 is 0 Å². The summed E-state index contributed by atoms with van der Waals surface area (Å²) >= 11 is 0. The van der Waals surface area contributed by atoms with Crippen LogP contribution in [0.5, 0.6) is 5.75 Å². The first kappa shape index (κ1) is 14.9. The molecule has 1 saturated heterocycles. The summed E-state index contributed by atoms with van der Waals surface area (Å²) < 4.78 is 5.34. The zero-order valence-corrected chi connectivity index (χ0v) is 12.2. The lowest BCUT2D eigenvalue weighted by molar-refractivity contribution is -0.131. The van der Waals surface area contributed by atoms with Crippen LogP contribution in [0.25, 0.3) is 0 Å². The van der Waals surface area contributed by atoms with E-state index in [4.69, 9.17) is 4.74 Å². The molecule has 1 N–H and O–H groups in total. The minimum atomic E-state index is -0.344. The molecule has 1 aliphatic heterocycles. The second-order valence-corrected chi connectivity index (χ2v) is 5.61. The lowest BCUT2D eigenvalue weighted by Gasteiger charge is -2.19. The Labute approximate surface area is 120 Å². The van der Waals surface area contributed by atoms with Gasteiger partial charge in [-0.3, -0.25) is 4.79 Å². The van der Waals surface area contributed by atoms with Gasteiger partial charge in [-0.05, 0) is 30.4 Å². The second-order valence-electron chi connectivity index (χ2n) is 5.61. The Kier molecular flexibility index (Phi) is 5.01. The van der Waals surface area contributed by atoms with Gasteiger partial charge in [0.2, 0.25) is 5.91 Å². The smallest absolute Gasteiger partial charge is 0.222 e. The number of likely N-dealkylation sites (tertiary alicyclic amines) is 1. The third-order valence-electron chi connectivity index (χ3n) is 3.80. The molecule has 1 aliphatic rings. The van der Waals surface area contributed by atoms with E-state index in [1.54, 1.807) is 12.0 Å². The molecule has 110 valence electrons. The number of aliphatic hydroxyl groups excluding tert-OH is 1. The molecule has 1 heterocycles. The number of benzene rings is 1. The summed E-state index contributed by atoms with van der Waals surface area (Å²) in [6, 6.07) is 7.92. The SMILES string of the molecule is COc1ccccc1CC(C)CC(=O)N1CC[C@@H](O)C1. The van der Waals surface area contributed by atoms with Gasteiger partial charge in [-0.2, -0.15) is 0 Å². The molecule has 1 fully saturated rings. The molecule has 0 spiro atoms. The molecule has 0 bridgehead atoms. The molecule has 2 atom stereocenters. The van der Waals surface area contributed by atoms with Crippen LogP contribution in [0, 0.1) is 5.92 Å². The third kappa shape index (κ3) is 3.73. The molecule has 1 aromatic carbocycles. The van der Waals surface area contributed by atoms with Crippen LogP contribution in [0.15, 0.2) is 24.3 Å². The fraction of sp³-hybridized carbons (Fsp3) is 0.562. The Morgan fingerprint density at radius 1 is 1.50 bits per heavy atom. The second kappa shape index (κ2) is 6.75. The number of hydrogen-bond acceptors (Lipinski definition) is 3. The zero-order chi connectivity index (χ0) is 14.5. The van der Waals surface area contributed by atoms with Gasteiger partial charge in [-0.15, -0.1) is 0 Å². The van der Waals surface area contributed by atoms with Crippen molar-refractivity contribution in [1.82, 2.24) is 4.90 Å². The van der Waals surface area contributed by atoms with Crippen molar-refractivity contribution in [2.75, 3.05) is 20.2 Å². The van der Waals surface area contributed by atoms with E-state index in [1.165, 1.54) is 0 Å². The van der Waals surface area contributed by atoms with Crippen molar-refractivity contribution in [2.45, 2.75) is 32.3 Å². The van der Waals surface area contributed by atoms with Crippen molar-refractivity contribution in [2.24, 2.45) is 5.92 Å². The molecule has 0 aliphatic carbocycles. The topological polar surface area (TPSA) is 49.8 Å². The van der Waals surface area contributed by atoms with Gasteiger partial charge in [-0.25, -0.2) is 0 Å². The largest absolute Gasteiger partial charge is 0.496 e. The third-order valence-corrected chi connectivity index (χ3v) is 3.80. The van der Waals surface area contributed by atoms with E-state index in [0.29, 0.717) is 25.9 Å². The molecule has 20 heavy (non-hydrogen) atoms. The average molecular weight is 277 g/mol. The molecule has 1 aromatic rings. The van der Waals surface area contributed by atoms with Crippen LogP contribution in [0.2, 0.25) is 0 Å². The molecular weight excluding hydrogens is 254 g/mol. The molecule has 2 rings (SSSR count). The van der Waals surface area contributed by atoms with E-state index in [1.807, 2.05) is 24.3 Å². The molecule has 4 nitrogen and oxygen atoms in total. The number of carbonyl (C=O) groups is 1. The first-order chi connectivity index (χ1) is 9.60. The number of para-hydroxylation sites is 1. The van der Waals surface area contributed by atoms with Crippen molar-refractivity contribution in [3.8, 4) is 5.75 Å². The van der Waals surface area contributed by atoms with Crippen molar-refractivity contribution < 1.29 is 14.6 Å². The number of nitrogens with zero attached hydrogens (tertiary/aromatic N) is 1. The summed E-state index contributed by atoms with van der Waals surface area (Å²) in [6.45, 7) is 3.25. The Morgan fingerprint density at radius 2 is 2.25 bits per heavy atom. The lowest BCUT2D eigenvalue weighted by atomic mass is 9.97. The number of rotatable bonds is 5. The van der Waals surface area contributed by atoms with E-state index in [-0.39, 0.29) is 17.9 Å². The van der Waals surface area contributed by atoms with Gasteiger partial charge in [0.15, 0.2) is 0 Å². The van der Waals surface area contributed by atoms with Gasteiger partial charge in [0.25, 0.3) is 0 Å². The van der Waals surface area contributed by atoms with Crippen molar-refractivity contribution in [3.63, 3.8) is 0 Å². The zero-order valence-electron chi connectivity index (χ0n) is 12.2. The highest BCUT2D eigenvalue weighted by atomic mass is 16.5. The minimum absolute atomic E-state index is 0.143. The summed E-state index contributed by atoms with van der Waals surface area (Å²) in [5, 5.41) is 9.48. The minimum Gasteiger partial charge on any atom is -0.496 e. The fourth-order valence-electron chi connectivity index (χ4n) is 2.71. The van der Waals surface area contributed by atoms with Crippen LogP contribution >= 0.6 is 0 Å². The highest BCUT2D eigenvalue weighted by Gasteiger charge is 2.25. The normalized spacial score (nSPS) is 19.9. The fourth-order valence-corrected chi connectivity index (χ4v) is 2.71. The maximum atomic E-state index is 12.1. The summed E-state index contributed by atoms with van der Waals surface area (Å²) in [4.78, 5) is 13.9. The van der Waals surface area contributed by atoms with Gasteiger partial charge in [0, 0.05) is 19.5 Å². The number of methoxy groups -OCH3 is 1. The van der Waals surface area contributed by atoms with Gasteiger partial charge in [0.1, 0.15) is 5.75 Å². The predicted octanol–water partition coefficient (Wildman–Crippen LogP) is 1.86. The summed E-state index contributed by atoms with van der Waals surface area (Å²) in [7, 11) is 1.67. The molecule has 1 amide bonds. The van der Waals surface area contributed by atoms with Crippen LogP contribution < -0.4 is 4.74 Å². The molecule has 0 radical (unpaired) electrons. The summed E-state index contributed by atoms with van der Waals surface area (Å²) in [5.41, 5.74) is 1.14. The molecule has 0 aromatic heterocycles. The highest BCUT2D eigenvalue weighted by Crippen LogP contribution is 2.23. The van der Waals surface area contributed by atoms with Crippen LogP contribution in [-0.4, -0.2) is 42.2 Å². The monoisotopic (exact) mass is 277 g/mol. The number of aliphatic hydroxyl groups is 1. The molecule has 4 heteroatoms. The predicted molar refractivity (Wildman–Crippen MR) is 77.7 cm³/mol. The van der Waals surface area contributed by atoms with Crippen molar-refractivity contribution in [1.29, 1.82) is 0 Å². The van der Waals surface area contributed by atoms with E-state index in [2.05, 4.69) is 6.92 Å². The maximum Gasteiger partial charge on any atom is 0.222 e. The molecular formula is C16H23NO3. The quantitative estimate of drug-likeness (QED) is 0.893. The Hall–Kier alpha value is -1.55. The maximum absolute atomic E-state index is 12.1. The first-order valence-electron chi connectivity index (χ1n) is 7.18. The summed E-state index contributed by atoms with van der Waals surface area (Å²) in [5.74, 6) is 1.28. The molecule has 1 unspecified atom stereocenters.